The lowest BCUT2D eigenvalue weighted by Gasteiger charge is -2.25. The second kappa shape index (κ2) is 8.12. The highest BCUT2D eigenvalue weighted by Crippen LogP contribution is 2.35. The summed E-state index contributed by atoms with van der Waals surface area (Å²) in [5.41, 5.74) is 7.78. The molecule has 6 nitrogen and oxygen atoms in total. The lowest BCUT2D eigenvalue weighted by Crippen LogP contribution is -2.40. The van der Waals surface area contributed by atoms with Crippen LogP contribution in [0.2, 0.25) is 0 Å². The van der Waals surface area contributed by atoms with Gasteiger partial charge in [0.1, 0.15) is 6.04 Å². The van der Waals surface area contributed by atoms with Crippen molar-refractivity contribution in [3.8, 4) is 0 Å². The van der Waals surface area contributed by atoms with Gasteiger partial charge in [0.15, 0.2) is 0 Å². The van der Waals surface area contributed by atoms with Gasteiger partial charge in [0.05, 0.1) is 5.56 Å². The first-order chi connectivity index (χ1) is 13.7. The van der Waals surface area contributed by atoms with Crippen molar-refractivity contribution in [1.29, 1.82) is 0 Å². The molecule has 0 saturated carbocycles. The van der Waals surface area contributed by atoms with Gasteiger partial charge in [0, 0.05) is 17.8 Å². The van der Waals surface area contributed by atoms with Crippen LogP contribution in [0.3, 0.4) is 0 Å². The molecule has 2 amide bonds. The summed E-state index contributed by atoms with van der Waals surface area (Å²) in [6.07, 6.45) is -3.48. The molecule has 3 rings (SSSR count). The molecule has 0 aromatic heterocycles. The molecule has 0 spiro atoms. The number of hydrogen-bond acceptors (Lipinski definition) is 4. The Bertz CT molecular complexity index is 900. The third-order valence-electron chi connectivity index (χ3n) is 5.06. The second-order valence-electron chi connectivity index (χ2n) is 7.06. The normalized spacial score (nSPS) is 19.2. The predicted octanol–water partition coefficient (Wildman–Crippen LogP) is 2.75. The Labute approximate surface area is 165 Å². The molecule has 29 heavy (non-hydrogen) atoms. The summed E-state index contributed by atoms with van der Waals surface area (Å²) in [6.45, 7) is 0.383. The maximum atomic E-state index is 13.0. The summed E-state index contributed by atoms with van der Waals surface area (Å²) >= 11 is 0. The molecule has 1 aliphatic rings. The number of carbonyl (C=O) groups is 2. The number of alkyl halides is 3. The highest BCUT2D eigenvalue weighted by atomic mass is 19.4. The van der Waals surface area contributed by atoms with Gasteiger partial charge in [-0.2, -0.15) is 13.2 Å². The van der Waals surface area contributed by atoms with Crippen molar-refractivity contribution in [2.24, 2.45) is 11.7 Å². The Morgan fingerprint density at radius 2 is 1.86 bits per heavy atom. The number of hydrogen-bond donors (Lipinski definition) is 3. The third-order valence-corrected chi connectivity index (χ3v) is 5.06. The van der Waals surface area contributed by atoms with Crippen LogP contribution < -0.4 is 16.1 Å². The number of nitrogens with zero attached hydrogens (tertiary/aromatic N) is 1. The lowest BCUT2D eigenvalue weighted by atomic mass is 9.96. The van der Waals surface area contributed by atoms with Crippen molar-refractivity contribution >= 4 is 17.5 Å². The van der Waals surface area contributed by atoms with Crippen molar-refractivity contribution in [3.63, 3.8) is 0 Å². The Morgan fingerprint density at radius 3 is 2.45 bits per heavy atom. The minimum Gasteiger partial charge on any atom is -0.368 e. The molecule has 1 aliphatic heterocycles. The largest absolute Gasteiger partial charge is 0.416 e. The Hall–Kier alpha value is -3.07. The summed E-state index contributed by atoms with van der Waals surface area (Å²) in [5, 5.41) is 8.66. The van der Waals surface area contributed by atoms with E-state index in [1.807, 2.05) is 0 Å². The van der Waals surface area contributed by atoms with E-state index in [-0.39, 0.29) is 5.92 Å². The predicted molar refractivity (Wildman–Crippen MR) is 99.3 cm³/mol. The van der Waals surface area contributed by atoms with Gasteiger partial charge in [-0.25, -0.2) is 5.48 Å². The van der Waals surface area contributed by atoms with Gasteiger partial charge in [0.25, 0.3) is 5.91 Å². The number of nitrogens with one attached hydrogen (secondary N) is 1. The summed E-state index contributed by atoms with van der Waals surface area (Å²) in [7, 11) is 0. The molecule has 2 aromatic carbocycles. The van der Waals surface area contributed by atoms with E-state index in [4.69, 9.17) is 10.9 Å². The average molecular weight is 407 g/mol. The molecule has 2 atom stereocenters. The first-order valence-electron chi connectivity index (χ1n) is 8.95. The molecule has 1 heterocycles. The number of primary amides is 1. The second-order valence-corrected chi connectivity index (χ2v) is 7.06. The van der Waals surface area contributed by atoms with Crippen molar-refractivity contribution in [2.75, 3.05) is 11.4 Å². The Morgan fingerprint density at radius 1 is 1.17 bits per heavy atom. The summed E-state index contributed by atoms with van der Waals surface area (Å²) in [5.74, 6) is -1.21. The lowest BCUT2D eigenvalue weighted by molar-refractivity contribution is -0.137. The smallest absolute Gasteiger partial charge is 0.368 e. The van der Waals surface area contributed by atoms with Crippen LogP contribution in [0.4, 0.5) is 18.9 Å². The monoisotopic (exact) mass is 407 g/mol. The maximum Gasteiger partial charge on any atom is 0.416 e. The number of halogens is 3. The van der Waals surface area contributed by atoms with E-state index in [1.54, 1.807) is 34.6 Å². The van der Waals surface area contributed by atoms with E-state index in [9.17, 15) is 22.8 Å². The van der Waals surface area contributed by atoms with Crippen LogP contribution >= 0.6 is 0 Å². The van der Waals surface area contributed by atoms with E-state index in [1.165, 1.54) is 12.1 Å². The van der Waals surface area contributed by atoms with Crippen molar-refractivity contribution in [3.05, 3.63) is 65.2 Å². The highest BCUT2D eigenvalue weighted by molar-refractivity contribution is 5.93. The van der Waals surface area contributed by atoms with Gasteiger partial charge >= 0.3 is 6.18 Å². The summed E-state index contributed by atoms with van der Waals surface area (Å²) in [4.78, 5) is 24.9. The number of hydroxylamine groups is 1. The summed E-state index contributed by atoms with van der Waals surface area (Å²) < 4.78 is 39.1. The number of carbonyl (C=O) groups excluding carboxylic acids is 2. The molecular formula is C20H20F3N3O3. The molecule has 2 aromatic rings. The number of amides is 2. The van der Waals surface area contributed by atoms with Crippen molar-refractivity contribution in [2.45, 2.75) is 25.1 Å². The molecule has 1 saturated heterocycles. The van der Waals surface area contributed by atoms with E-state index in [0.29, 0.717) is 30.6 Å². The standard InChI is InChI=1S/C20H20F3N3O3/c21-20(22,23)15-2-1-3-16(10-15)26-11-13(9-17(26)18(24)27)8-12-4-6-14(7-5-12)19(28)25-29/h1-7,10,13,17,29H,8-9,11H2,(H2,24,27)(H,25,28)/t13-,17?/m1/s1. The van der Waals surface area contributed by atoms with E-state index < -0.39 is 29.6 Å². The first-order valence-corrected chi connectivity index (χ1v) is 8.95. The topological polar surface area (TPSA) is 95.7 Å². The zero-order valence-electron chi connectivity index (χ0n) is 15.3. The van der Waals surface area contributed by atoms with Crippen LogP contribution in [0.25, 0.3) is 0 Å². The fourth-order valence-electron chi connectivity index (χ4n) is 3.68. The quantitative estimate of drug-likeness (QED) is 0.525. The molecule has 1 unspecified atom stereocenters. The highest BCUT2D eigenvalue weighted by Gasteiger charge is 2.37. The van der Waals surface area contributed by atoms with Gasteiger partial charge < -0.3 is 10.6 Å². The van der Waals surface area contributed by atoms with Gasteiger partial charge in [-0.05, 0) is 54.7 Å². The molecule has 1 fully saturated rings. The average Bonchev–Trinajstić information content (AvgIpc) is 3.11. The van der Waals surface area contributed by atoms with Crippen molar-refractivity contribution in [1.82, 2.24) is 5.48 Å². The molecule has 4 N–H and O–H groups in total. The zero-order chi connectivity index (χ0) is 21.2. The molecule has 0 bridgehead atoms. The fraction of sp³-hybridized carbons (Fsp3) is 0.300. The van der Waals surface area contributed by atoms with Crippen LogP contribution in [-0.2, 0) is 17.4 Å². The molecule has 154 valence electrons. The first kappa shape index (κ1) is 20.7. The van der Waals surface area contributed by atoms with Gasteiger partial charge in [-0.1, -0.05) is 18.2 Å². The third kappa shape index (κ3) is 4.68. The minimum absolute atomic E-state index is 0.000406. The molecular weight excluding hydrogens is 387 g/mol. The minimum atomic E-state index is -4.47. The SMILES string of the molecule is NC(=O)C1C[C@@H](Cc2ccc(C(=O)NO)cc2)CN1c1cccc(C(F)(F)F)c1. The van der Waals surface area contributed by atoms with Crippen LogP contribution in [0, 0.1) is 5.92 Å². The number of benzene rings is 2. The fourth-order valence-corrected chi connectivity index (χ4v) is 3.68. The van der Waals surface area contributed by atoms with Gasteiger partial charge in [-0.3, -0.25) is 14.8 Å². The van der Waals surface area contributed by atoms with Crippen LogP contribution in [0.15, 0.2) is 48.5 Å². The van der Waals surface area contributed by atoms with E-state index in [0.717, 1.165) is 17.7 Å². The van der Waals surface area contributed by atoms with Gasteiger partial charge in [0.2, 0.25) is 5.91 Å². The summed E-state index contributed by atoms with van der Waals surface area (Å²) in [6, 6.07) is 10.8. The Balaban J connectivity index is 1.77. The number of nitrogens with two attached hydrogens (primary N) is 1. The van der Waals surface area contributed by atoms with E-state index >= 15 is 0 Å². The molecule has 0 aliphatic carbocycles. The zero-order valence-corrected chi connectivity index (χ0v) is 15.3. The maximum absolute atomic E-state index is 13.0. The van der Waals surface area contributed by atoms with Crippen LogP contribution in [0.5, 0.6) is 0 Å². The number of anilines is 1. The molecule has 9 heteroatoms. The van der Waals surface area contributed by atoms with Gasteiger partial charge in [-0.15, -0.1) is 0 Å². The number of rotatable bonds is 5. The Kier molecular flexibility index (Phi) is 5.78. The molecule has 0 radical (unpaired) electrons. The van der Waals surface area contributed by atoms with E-state index in [2.05, 4.69) is 0 Å². The van der Waals surface area contributed by atoms with Crippen molar-refractivity contribution < 1.29 is 28.0 Å². The van der Waals surface area contributed by atoms with Crippen LogP contribution in [0.1, 0.15) is 27.9 Å². The van der Waals surface area contributed by atoms with Crippen LogP contribution in [-0.4, -0.2) is 29.6 Å².